The SMILES string of the molecule is CCCCNC(=NC)NCCN1CCc2cc(OC)c(OC)cc2C1. The molecule has 0 fully saturated rings. The van der Waals surface area contributed by atoms with Crippen molar-refractivity contribution in [2.24, 2.45) is 4.99 Å². The summed E-state index contributed by atoms with van der Waals surface area (Å²) >= 11 is 0. The van der Waals surface area contributed by atoms with E-state index in [4.69, 9.17) is 9.47 Å². The number of rotatable bonds is 8. The predicted octanol–water partition coefficient (Wildman–Crippen LogP) is 2.03. The molecule has 0 spiro atoms. The molecule has 0 saturated heterocycles. The minimum Gasteiger partial charge on any atom is -0.493 e. The molecule has 25 heavy (non-hydrogen) atoms. The number of hydrogen-bond donors (Lipinski definition) is 2. The fourth-order valence-electron chi connectivity index (χ4n) is 3.07. The first-order valence-corrected chi connectivity index (χ1v) is 9.12. The quantitative estimate of drug-likeness (QED) is 0.428. The highest BCUT2D eigenvalue weighted by atomic mass is 16.5. The van der Waals surface area contributed by atoms with Crippen molar-refractivity contribution in [2.45, 2.75) is 32.7 Å². The van der Waals surface area contributed by atoms with E-state index in [9.17, 15) is 0 Å². The zero-order valence-corrected chi connectivity index (χ0v) is 16.0. The number of aliphatic imine (C=N–C) groups is 1. The summed E-state index contributed by atoms with van der Waals surface area (Å²) in [6.45, 7) is 7.04. The number of unbranched alkanes of at least 4 members (excludes halogenated alkanes) is 1. The molecule has 0 amide bonds. The summed E-state index contributed by atoms with van der Waals surface area (Å²) in [7, 11) is 5.19. The van der Waals surface area contributed by atoms with Crippen LogP contribution in [0.15, 0.2) is 17.1 Å². The largest absolute Gasteiger partial charge is 0.493 e. The van der Waals surface area contributed by atoms with Gasteiger partial charge in [0.2, 0.25) is 0 Å². The summed E-state index contributed by atoms with van der Waals surface area (Å²) in [5.74, 6) is 2.51. The maximum atomic E-state index is 5.43. The van der Waals surface area contributed by atoms with E-state index in [1.165, 1.54) is 17.5 Å². The molecule has 0 aromatic heterocycles. The van der Waals surface area contributed by atoms with Crippen molar-refractivity contribution in [1.29, 1.82) is 0 Å². The predicted molar refractivity (Wildman–Crippen MR) is 103 cm³/mol. The van der Waals surface area contributed by atoms with Gasteiger partial charge >= 0.3 is 0 Å². The first-order valence-electron chi connectivity index (χ1n) is 9.12. The van der Waals surface area contributed by atoms with Crippen LogP contribution in [0.2, 0.25) is 0 Å². The van der Waals surface area contributed by atoms with Crippen molar-refractivity contribution in [2.75, 3.05) is 47.4 Å². The number of nitrogens with one attached hydrogen (secondary N) is 2. The number of methoxy groups -OCH3 is 2. The Hall–Kier alpha value is -1.95. The summed E-state index contributed by atoms with van der Waals surface area (Å²) in [6.07, 6.45) is 3.39. The summed E-state index contributed by atoms with van der Waals surface area (Å²) in [6, 6.07) is 4.22. The molecule has 0 saturated carbocycles. The molecule has 1 aliphatic rings. The second-order valence-electron chi connectivity index (χ2n) is 6.28. The third-order valence-electron chi connectivity index (χ3n) is 4.56. The van der Waals surface area contributed by atoms with Gasteiger partial charge in [-0.25, -0.2) is 0 Å². The molecule has 1 heterocycles. The standard InChI is InChI=1S/C19H32N4O2/c1-5-6-8-21-19(20-2)22-9-11-23-10-7-15-12-17(24-3)18(25-4)13-16(15)14-23/h12-13H,5-11,14H2,1-4H3,(H2,20,21,22). The summed E-state index contributed by atoms with van der Waals surface area (Å²) in [5.41, 5.74) is 2.69. The molecule has 0 bridgehead atoms. The number of benzene rings is 1. The molecule has 2 N–H and O–H groups in total. The molecule has 1 aliphatic heterocycles. The Morgan fingerprint density at radius 1 is 1.12 bits per heavy atom. The minimum absolute atomic E-state index is 0.807. The van der Waals surface area contributed by atoms with E-state index in [1.54, 1.807) is 14.2 Å². The molecule has 0 radical (unpaired) electrons. The lowest BCUT2D eigenvalue weighted by Crippen LogP contribution is -2.42. The molecule has 0 unspecified atom stereocenters. The summed E-state index contributed by atoms with van der Waals surface area (Å²) in [4.78, 5) is 6.72. The lowest BCUT2D eigenvalue weighted by atomic mass is 9.99. The second kappa shape index (κ2) is 10.1. The van der Waals surface area contributed by atoms with Gasteiger partial charge in [-0.15, -0.1) is 0 Å². The average molecular weight is 348 g/mol. The van der Waals surface area contributed by atoms with Crippen molar-refractivity contribution in [1.82, 2.24) is 15.5 Å². The van der Waals surface area contributed by atoms with Crippen LogP contribution in [0.25, 0.3) is 0 Å². The average Bonchev–Trinajstić information content (AvgIpc) is 2.65. The molecule has 6 heteroatoms. The van der Waals surface area contributed by atoms with Crippen molar-refractivity contribution >= 4 is 5.96 Å². The number of hydrogen-bond acceptors (Lipinski definition) is 4. The Labute approximate surface area is 151 Å². The third-order valence-corrected chi connectivity index (χ3v) is 4.56. The van der Waals surface area contributed by atoms with E-state index in [-0.39, 0.29) is 0 Å². The smallest absolute Gasteiger partial charge is 0.191 e. The van der Waals surface area contributed by atoms with Gasteiger partial charge in [0, 0.05) is 39.8 Å². The topological polar surface area (TPSA) is 58.1 Å². The van der Waals surface area contributed by atoms with Gasteiger partial charge in [-0.1, -0.05) is 13.3 Å². The van der Waals surface area contributed by atoms with Crippen LogP contribution >= 0.6 is 0 Å². The van der Waals surface area contributed by atoms with Crippen molar-refractivity contribution in [3.05, 3.63) is 23.3 Å². The van der Waals surface area contributed by atoms with Gasteiger partial charge in [-0.05, 0) is 36.1 Å². The first kappa shape index (κ1) is 19.4. The second-order valence-corrected chi connectivity index (χ2v) is 6.28. The van der Waals surface area contributed by atoms with Crippen molar-refractivity contribution in [3.63, 3.8) is 0 Å². The van der Waals surface area contributed by atoms with Crippen LogP contribution in [-0.2, 0) is 13.0 Å². The van der Waals surface area contributed by atoms with E-state index in [0.717, 1.165) is 63.0 Å². The van der Waals surface area contributed by atoms with Crippen LogP contribution in [-0.4, -0.2) is 58.3 Å². The molecule has 140 valence electrons. The van der Waals surface area contributed by atoms with E-state index in [2.05, 4.69) is 39.6 Å². The van der Waals surface area contributed by atoms with Crippen LogP contribution in [0.4, 0.5) is 0 Å². The fourth-order valence-corrected chi connectivity index (χ4v) is 3.07. The highest BCUT2D eigenvalue weighted by Gasteiger charge is 2.19. The molecule has 0 atom stereocenters. The third kappa shape index (κ3) is 5.53. The number of nitrogens with zero attached hydrogens (tertiary/aromatic N) is 2. The van der Waals surface area contributed by atoms with Gasteiger partial charge in [0.15, 0.2) is 17.5 Å². The molecular weight excluding hydrogens is 316 g/mol. The van der Waals surface area contributed by atoms with Crippen LogP contribution in [0, 0.1) is 0 Å². The molecule has 1 aromatic rings. The van der Waals surface area contributed by atoms with Gasteiger partial charge in [0.25, 0.3) is 0 Å². The number of fused-ring (bicyclic) bond motifs is 1. The van der Waals surface area contributed by atoms with E-state index in [1.807, 2.05) is 7.05 Å². The van der Waals surface area contributed by atoms with E-state index in [0.29, 0.717) is 0 Å². The molecular formula is C19H32N4O2. The molecule has 1 aromatic carbocycles. The molecule has 6 nitrogen and oxygen atoms in total. The normalized spacial score (nSPS) is 14.8. The highest BCUT2D eigenvalue weighted by Crippen LogP contribution is 2.33. The van der Waals surface area contributed by atoms with E-state index < -0.39 is 0 Å². The Kier molecular flexibility index (Phi) is 7.85. The monoisotopic (exact) mass is 348 g/mol. The number of ether oxygens (including phenoxy) is 2. The van der Waals surface area contributed by atoms with Gasteiger partial charge < -0.3 is 20.1 Å². The lowest BCUT2D eigenvalue weighted by molar-refractivity contribution is 0.256. The fraction of sp³-hybridized carbons (Fsp3) is 0.632. The van der Waals surface area contributed by atoms with Crippen molar-refractivity contribution in [3.8, 4) is 11.5 Å². The van der Waals surface area contributed by atoms with Gasteiger partial charge in [-0.3, -0.25) is 9.89 Å². The van der Waals surface area contributed by atoms with Crippen molar-refractivity contribution < 1.29 is 9.47 Å². The van der Waals surface area contributed by atoms with Gasteiger partial charge in [0.05, 0.1) is 14.2 Å². The van der Waals surface area contributed by atoms with Crippen LogP contribution in [0.1, 0.15) is 30.9 Å². The Bertz CT molecular complexity index is 575. The molecule has 0 aliphatic carbocycles. The van der Waals surface area contributed by atoms with Crippen LogP contribution < -0.4 is 20.1 Å². The lowest BCUT2D eigenvalue weighted by Gasteiger charge is -2.29. The van der Waals surface area contributed by atoms with E-state index >= 15 is 0 Å². The Morgan fingerprint density at radius 3 is 2.44 bits per heavy atom. The zero-order valence-electron chi connectivity index (χ0n) is 16.0. The summed E-state index contributed by atoms with van der Waals surface area (Å²) < 4.78 is 10.8. The molecule has 2 rings (SSSR count). The Morgan fingerprint density at radius 2 is 1.80 bits per heavy atom. The van der Waals surface area contributed by atoms with Gasteiger partial charge in [-0.2, -0.15) is 0 Å². The summed E-state index contributed by atoms with van der Waals surface area (Å²) in [5, 5.41) is 6.73. The van der Waals surface area contributed by atoms with Crippen LogP contribution in [0.5, 0.6) is 11.5 Å². The first-order chi connectivity index (χ1) is 12.2. The maximum absolute atomic E-state index is 5.43. The Balaban J connectivity index is 1.84. The minimum atomic E-state index is 0.807. The zero-order chi connectivity index (χ0) is 18.1. The van der Waals surface area contributed by atoms with Gasteiger partial charge in [0.1, 0.15) is 0 Å². The maximum Gasteiger partial charge on any atom is 0.191 e. The number of guanidine groups is 1. The van der Waals surface area contributed by atoms with Crippen LogP contribution in [0.3, 0.4) is 0 Å². The highest BCUT2D eigenvalue weighted by molar-refractivity contribution is 5.79.